The normalized spacial score (nSPS) is 16.8. The molecule has 7 nitrogen and oxygen atoms in total. The van der Waals surface area contributed by atoms with Crippen LogP contribution in [-0.2, 0) is 21.2 Å². The summed E-state index contributed by atoms with van der Waals surface area (Å²) in [7, 11) is -2.10. The lowest BCUT2D eigenvalue weighted by Crippen LogP contribution is -2.38. The number of hydrogen-bond donors (Lipinski definition) is 1. The molecule has 8 heteroatoms. The van der Waals surface area contributed by atoms with Gasteiger partial charge in [-0.05, 0) is 67.9 Å². The molecule has 0 spiro atoms. The van der Waals surface area contributed by atoms with Gasteiger partial charge in [-0.1, -0.05) is 26.0 Å². The number of likely N-dealkylation sites (N-methyl/N-ethyl adjacent to an activating group) is 1. The lowest BCUT2D eigenvalue weighted by atomic mass is 10.0. The Balaban J connectivity index is 1.84. The highest BCUT2D eigenvalue weighted by molar-refractivity contribution is 7.89. The summed E-state index contributed by atoms with van der Waals surface area (Å²) in [6, 6.07) is 12.6. The number of methoxy groups -OCH3 is 1. The number of carbonyl (C=O) groups excluding carboxylic acids is 1. The third kappa shape index (κ3) is 4.98. The van der Waals surface area contributed by atoms with Gasteiger partial charge in [0.15, 0.2) is 0 Å². The molecule has 0 fully saturated rings. The Morgan fingerprint density at radius 1 is 1.22 bits per heavy atom. The van der Waals surface area contributed by atoms with Crippen molar-refractivity contribution in [3.05, 3.63) is 53.6 Å². The third-order valence-corrected chi connectivity index (χ3v) is 7.54. The van der Waals surface area contributed by atoms with E-state index in [9.17, 15) is 13.2 Å². The van der Waals surface area contributed by atoms with E-state index in [2.05, 4.69) is 23.5 Å². The predicted molar refractivity (Wildman–Crippen MR) is 127 cm³/mol. The maximum atomic E-state index is 13.2. The highest BCUT2D eigenvalue weighted by Crippen LogP contribution is 2.34. The van der Waals surface area contributed by atoms with Crippen molar-refractivity contribution in [2.24, 2.45) is 0 Å². The first-order chi connectivity index (χ1) is 15.2. The Morgan fingerprint density at radius 3 is 2.56 bits per heavy atom. The largest absolute Gasteiger partial charge is 0.497 e. The van der Waals surface area contributed by atoms with Gasteiger partial charge in [0.2, 0.25) is 15.9 Å². The maximum absolute atomic E-state index is 13.2. The van der Waals surface area contributed by atoms with Gasteiger partial charge in [0, 0.05) is 31.2 Å². The highest BCUT2D eigenvalue weighted by Gasteiger charge is 2.30. The Kier molecular flexibility index (Phi) is 7.59. The third-order valence-electron chi connectivity index (χ3n) is 6.11. The molecule has 0 saturated heterocycles. The Labute approximate surface area is 191 Å². The number of carbonyl (C=O) groups is 1. The van der Waals surface area contributed by atoms with Crippen molar-refractivity contribution in [1.29, 1.82) is 0 Å². The molecular weight excluding hydrogens is 426 g/mol. The zero-order chi connectivity index (χ0) is 23.5. The fraction of sp³-hybridized carbons (Fsp3) is 0.458. The monoisotopic (exact) mass is 459 g/mol. The van der Waals surface area contributed by atoms with Crippen LogP contribution in [0.3, 0.4) is 0 Å². The summed E-state index contributed by atoms with van der Waals surface area (Å²) in [5.41, 5.74) is 2.67. The predicted octanol–water partition coefficient (Wildman–Crippen LogP) is 3.35. The second-order valence-electron chi connectivity index (χ2n) is 8.10. The van der Waals surface area contributed by atoms with Crippen LogP contribution >= 0.6 is 0 Å². The van der Waals surface area contributed by atoms with E-state index in [1.54, 1.807) is 30.2 Å². The minimum Gasteiger partial charge on any atom is -0.497 e. The van der Waals surface area contributed by atoms with E-state index < -0.39 is 10.0 Å². The second-order valence-corrected chi connectivity index (χ2v) is 9.87. The average Bonchev–Trinajstić information content (AvgIpc) is 3.11. The van der Waals surface area contributed by atoms with Crippen LogP contribution in [0.4, 0.5) is 5.69 Å². The molecule has 0 bridgehead atoms. The van der Waals surface area contributed by atoms with Gasteiger partial charge < -0.3 is 9.64 Å². The quantitative estimate of drug-likeness (QED) is 0.622. The fourth-order valence-electron chi connectivity index (χ4n) is 4.50. The lowest BCUT2D eigenvalue weighted by Gasteiger charge is -2.30. The number of amides is 1. The Hall–Kier alpha value is -2.42. The number of rotatable bonds is 9. The summed E-state index contributed by atoms with van der Waals surface area (Å²) >= 11 is 0. The van der Waals surface area contributed by atoms with Crippen LogP contribution in [0, 0.1) is 0 Å². The average molecular weight is 460 g/mol. The standard InChI is InChI=1S/C24H33N3O4S/c1-6-26(7-2)24(19-9-8-10-21(14-19)31-5)16-25-32(29,30)22-11-12-23-20(15-22)13-17(3)27(23)18(4)28/h8-12,14-15,17,24-25H,6-7,13,16H2,1-5H3/t17-,24+/m1/s1. The number of fused-ring (bicyclic) bond motifs is 1. The molecule has 2 aromatic carbocycles. The molecule has 3 rings (SSSR count). The van der Waals surface area contributed by atoms with Crippen LogP contribution in [0.2, 0.25) is 0 Å². The summed E-state index contributed by atoms with van der Waals surface area (Å²) in [5.74, 6) is 0.704. The molecule has 32 heavy (non-hydrogen) atoms. The van der Waals surface area contributed by atoms with Gasteiger partial charge in [-0.25, -0.2) is 13.1 Å². The van der Waals surface area contributed by atoms with E-state index in [0.717, 1.165) is 35.7 Å². The first kappa shape index (κ1) is 24.2. The van der Waals surface area contributed by atoms with Crippen LogP contribution < -0.4 is 14.4 Å². The van der Waals surface area contributed by atoms with E-state index in [-0.39, 0.29) is 29.4 Å². The molecule has 1 N–H and O–H groups in total. The van der Waals surface area contributed by atoms with Gasteiger partial charge in [0.05, 0.1) is 12.0 Å². The highest BCUT2D eigenvalue weighted by atomic mass is 32.2. The smallest absolute Gasteiger partial charge is 0.240 e. The summed E-state index contributed by atoms with van der Waals surface area (Å²) in [4.78, 5) is 16.1. The van der Waals surface area contributed by atoms with Gasteiger partial charge in [-0.3, -0.25) is 9.69 Å². The van der Waals surface area contributed by atoms with Crippen molar-refractivity contribution >= 4 is 21.6 Å². The summed E-state index contributed by atoms with van der Waals surface area (Å²) in [6.45, 7) is 9.45. The molecule has 0 saturated carbocycles. The molecule has 174 valence electrons. The van der Waals surface area contributed by atoms with Crippen molar-refractivity contribution in [2.45, 2.75) is 51.1 Å². The van der Waals surface area contributed by atoms with Crippen LogP contribution in [-0.4, -0.2) is 52.0 Å². The van der Waals surface area contributed by atoms with Gasteiger partial charge in [0.1, 0.15) is 5.75 Å². The molecule has 1 amide bonds. The van der Waals surface area contributed by atoms with E-state index in [4.69, 9.17) is 4.74 Å². The van der Waals surface area contributed by atoms with Gasteiger partial charge in [0.25, 0.3) is 0 Å². The van der Waals surface area contributed by atoms with Crippen molar-refractivity contribution < 1.29 is 17.9 Å². The van der Waals surface area contributed by atoms with Gasteiger partial charge in [-0.15, -0.1) is 0 Å². The van der Waals surface area contributed by atoms with Crippen molar-refractivity contribution in [3.8, 4) is 5.75 Å². The molecule has 2 aromatic rings. The number of sulfonamides is 1. The van der Waals surface area contributed by atoms with E-state index in [1.165, 1.54) is 6.92 Å². The van der Waals surface area contributed by atoms with Crippen LogP contribution in [0.1, 0.15) is 44.9 Å². The SMILES string of the molecule is CCN(CC)[C@@H](CNS(=O)(=O)c1ccc2c(c1)C[C@@H](C)N2C(C)=O)c1cccc(OC)c1. The minimum atomic E-state index is -3.72. The summed E-state index contributed by atoms with van der Waals surface area (Å²) in [5, 5.41) is 0. The Morgan fingerprint density at radius 2 is 1.94 bits per heavy atom. The molecule has 1 heterocycles. The molecule has 0 aromatic heterocycles. The number of benzene rings is 2. The van der Waals surface area contributed by atoms with Gasteiger partial charge in [-0.2, -0.15) is 0 Å². The Bertz CT molecular complexity index is 1070. The fourth-order valence-corrected chi connectivity index (χ4v) is 5.59. The van der Waals surface area contributed by atoms with Crippen LogP contribution in [0.25, 0.3) is 0 Å². The zero-order valence-corrected chi connectivity index (χ0v) is 20.3. The summed E-state index contributed by atoms with van der Waals surface area (Å²) < 4.78 is 34.5. The zero-order valence-electron chi connectivity index (χ0n) is 19.5. The van der Waals surface area contributed by atoms with Crippen molar-refractivity contribution in [3.63, 3.8) is 0 Å². The minimum absolute atomic E-state index is 0.0218. The molecule has 0 radical (unpaired) electrons. The van der Waals surface area contributed by atoms with Crippen molar-refractivity contribution in [1.82, 2.24) is 9.62 Å². The first-order valence-electron chi connectivity index (χ1n) is 11.0. The van der Waals surface area contributed by atoms with E-state index in [0.29, 0.717) is 6.42 Å². The molecule has 0 aliphatic carbocycles. The van der Waals surface area contributed by atoms with Gasteiger partial charge >= 0.3 is 0 Å². The van der Waals surface area contributed by atoms with E-state index >= 15 is 0 Å². The number of nitrogens with one attached hydrogen (secondary N) is 1. The summed E-state index contributed by atoms with van der Waals surface area (Å²) in [6.07, 6.45) is 0.643. The second kappa shape index (κ2) is 10.0. The van der Waals surface area contributed by atoms with Crippen molar-refractivity contribution in [2.75, 3.05) is 31.6 Å². The molecule has 1 aliphatic heterocycles. The van der Waals surface area contributed by atoms with Crippen LogP contribution in [0.5, 0.6) is 5.75 Å². The molecule has 0 unspecified atom stereocenters. The van der Waals surface area contributed by atoms with Crippen LogP contribution in [0.15, 0.2) is 47.4 Å². The topological polar surface area (TPSA) is 79.0 Å². The number of nitrogens with zero attached hydrogens (tertiary/aromatic N) is 2. The van der Waals surface area contributed by atoms with E-state index in [1.807, 2.05) is 31.2 Å². The molecule has 2 atom stereocenters. The number of hydrogen-bond acceptors (Lipinski definition) is 5. The molecular formula is C24H33N3O4S. The number of anilines is 1. The number of ether oxygens (including phenoxy) is 1. The molecule has 1 aliphatic rings. The first-order valence-corrected chi connectivity index (χ1v) is 12.5. The lowest BCUT2D eigenvalue weighted by molar-refractivity contribution is -0.116. The maximum Gasteiger partial charge on any atom is 0.240 e.